The van der Waals surface area contributed by atoms with E-state index in [4.69, 9.17) is 0 Å². The standard InChI is InChI=1S/C19H26N6O3S/c1-3-4-10-21-19-22-13-16-17(24-25(11-5-12-26)18(16)23-19)14-6-8-15(9-7-14)29(27,28)20-2/h6-9,13,20,26H,3-5,10-12H2,1-2H3,(H,21,22,23). The number of hydrogen-bond acceptors (Lipinski definition) is 7. The minimum atomic E-state index is -3.50. The van der Waals surface area contributed by atoms with Crippen LogP contribution in [0.15, 0.2) is 35.4 Å². The predicted molar refractivity (Wildman–Crippen MR) is 112 cm³/mol. The van der Waals surface area contributed by atoms with Gasteiger partial charge in [0.25, 0.3) is 0 Å². The molecule has 3 aromatic rings. The largest absolute Gasteiger partial charge is 0.396 e. The van der Waals surface area contributed by atoms with Gasteiger partial charge in [-0.1, -0.05) is 25.5 Å². The van der Waals surface area contributed by atoms with Crippen molar-refractivity contribution in [3.63, 3.8) is 0 Å². The SMILES string of the molecule is CCCCNc1ncc2c(-c3ccc(S(=O)(=O)NC)cc3)nn(CCCO)c2n1. The summed E-state index contributed by atoms with van der Waals surface area (Å²) < 4.78 is 28.0. The molecule has 0 aliphatic heterocycles. The van der Waals surface area contributed by atoms with Gasteiger partial charge in [-0.3, -0.25) is 0 Å². The van der Waals surface area contributed by atoms with Crippen molar-refractivity contribution in [2.75, 3.05) is 25.5 Å². The number of aryl methyl sites for hydroxylation is 1. The molecule has 10 heteroatoms. The molecule has 0 amide bonds. The van der Waals surface area contributed by atoms with Crippen LogP contribution in [0.25, 0.3) is 22.3 Å². The van der Waals surface area contributed by atoms with Crippen molar-refractivity contribution in [3.8, 4) is 11.3 Å². The van der Waals surface area contributed by atoms with E-state index in [1.807, 2.05) is 0 Å². The zero-order valence-corrected chi connectivity index (χ0v) is 17.4. The first-order valence-electron chi connectivity index (χ1n) is 9.62. The number of nitrogens with one attached hydrogen (secondary N) is 2. The molecule has 29 heavy (non-hydrogen) atoms. The Labute approximate surface area is 170 Å². The second-order valence-electron chi connectivity index (χ2n) is 6.59. The fourth-order valence-electron chi connectivity index (χ4n) is 2.92. The van der Waals surface area contributed by atoms with E-state index < -0.39 is 10.0 Å². The number of hydrogen-bond donors (Lipinski definition) is 3. The molecule has 0 spiro atoms. The number of sulfonamides is 1. The maximum Gasteiger partial charge on any atom is 0.240 e. The van der Waals surface area contributed by atoms with Gasteiger partial charge in [-0.05, 0) is 32.0 Å². The normalized spacial score (nSPS) is 11.8. The second kappa shape index (κ2) is 9.29. The average Bonchev–Trinajstić information content (AvgIpc) is 3.10. The van der Waals surface area contributed by atoms with E-state index in [0.29, 0.717) is 30.3 Å². The van der Waals surface area contributed by atoms with Gasteiger partial charge in [0.1, 0.15) is 5.69 Å². The second-order valence-corrected chi connectivity index (χ2v) is 8.48. The van der Waals surface area contributed by atoms with Gasteiger partial charge in [-0.15, -0.1) is 0 Å². The highest BCUT2D eigenvalue weighted by Gasteiger charge is 2.17. The highest BCUT2D eigenvalue weighted by atomic mass is 32.2. The summed E-state index contributed by atoms with van der Waals surface area (Å²) in [6, 6.07) is 6.52. The summed E-state index contributed by atoms with van der Waals surface area (Å²) in [5.41, 5.74) is 2.11. The summed E-state index contributed by atoms with van der Waals surface area (Å²) in [5, 5.41) is 17.8. The third kappa shape index (κ3) is 4.72. The monoisotopic (exact) mass is 418 g/mol. The van der Waals surface area contributed by atoms with Gasteiger partial charge in [0.15, 0.2) is 5.65 Å². The van der Waals surface area contributed by atoms with Crippen LogP contribution in [0, 0.1) is 0 Å². The summed E-state index contributed by atoms with van der Waals surface area (Å²) in [4.78, 5) is 9.19. The van der Waals surface area contributed by atoms with Gasteiger partial charge < -0.3 is 10.4 Å². The van der Waals surface area contributed by atoms with Crippen molar-refractivity contribution in [3.05, 3.63) is 30.5 Å². The van der Waals surface area contributed by atoms with Crippen LogP contribution in [-0.2, 0) is 16.6 Å². The fraction of sp³-hybridized carbons (Fsp3) is 0.421. The molecule has 156 valence electrons. The zero-order chi connectivity index (χ0) is 20.9. The first-order valence-corrected chi connectivity index (χ1v) is 11.1. The maximum atomic E-state index is 11.9. The van der Waals surface area contributed by atoms with Crippen LogP contribution in [-0.4, -0.2) is 53.5 Å². The molecule has 0 radical (unpaired) electrons. The van der Waals surface area contributed by atoms with Crippen LogP contribution >= 0.6 is 0 Å². The van der Waals surface area contributed by atoms with Gasteiger partial charge >= 0.3 is 0 Å². The van der Waals surface area contributed by atoms with Crippen LogP contribution in [0.5, 0.6) is 0 Å². The average molecular weight is 419 g/mol. The molecular weight excluding hydrogens is 392 g/mol. The molecule has 0 atom stereocenters. The number of benzene rings is 1. The van der Waals surface area contributed by atoms with Gasteiger partial charge in [0.05, 0.1) is 10.3 Å². The van der Waals surface area contributed by atoms with E-state index in [2.05, 4.69) is 32.0 Å². The summed E-state index contributed by atoms with van der Waals surface area (Å²) >= 11 is 0. The van der Waals surface area contributed by atoms with Crippen LogP contribution < -0.4 is 10.0 Å². The molecule has 0 aliphatic carbocycles. The molecule has 0 bridgehead atoms. The smallest absolute Gasteiger partial charge is 0.240 e. The number of anilines is 1. The summed E-state index contributed by atoms with van der Waals surface area (Å²) in [6.07, 6.45) is 4.39. The molecule has 3 N–H and O–H groups in total. The lowest BCUT2D eigenvalue weighted by atomic mass is 10.1. The zero-order valence-electron chi connectivity index (χ0n) is 16.6. The van der Waals surface area contributed by atoms with E-state index >= 15 is 0 Å². The molecule has 2 heterocycles. The van der Waals surface area contributed by atoms with Crippen molar-refractivity contribution < 1.29 is 13.5 Å². The Hall–Kier alpha value is -2.56. The Morgan fingerprint density at radius 2 is 1.93 bits per heavy atom. The Morgan fingerprint density at radius 3 is 2.59 bits per heavy atom. The van der Waals surface area contributed by atoms with Gasteiger partial charge in [-0.2, -0.15) is 10.1 Å². The predicted octanol–water partition coefficient (Wildman–Crippen LogP) is 2.00. The summed E-state index contributed by atoms with van der Waals surface area (Å²) in [5.74, 6) is 0.540. The highest BCUT2D eigenvalue weighted by molar-refractivity contribution is 7.89. The Morgan fingerprint density at radius 1 is 1.17 bits per heavy atom. The van der Waals surface area contributed by atoms with Crippen LogP contribution in [0.2, 0.25) is 0 Å². The molecule has 0 saturated heterocycles. The number of aliphatic hydroxyl groups is 1. The molecule has 1 aromatic carbocycles. The first-order chi connectivity index (χ1) is 14.0. The quantitative estimate of drug-likeness (QED) is 0.430. The molecule has 0 fully saturated rings. The van der Waals surface area contributed by atoms with Crippen molar-refractivity contribution in [1.82, 2.24) is 24.5 Å². The van der Waals surface area contributed by atoms with E-state index in [1.165, 1.54) is 7.05 Å². The summed E-state index contributed by atoms with van der Waals surface area (Å²) in [7, 11) is -2.12. The van der Waals surface area contributed by atoms with Gasteiger partial charge in [0, 0.05) is 31.5 Å². The Bertz CT molecular complexity index is 1060. The molecular formula is C19H26N6O3S. The number of aromatic nitrogens is 4. The van der Waals surface area contributed by atoms with E-state index in [9.17, 15) is 13.5 Å². The van der Waals surface area contributed by atoms with Crippen LogP contribution in [0.4, 0.5) is 5.95 Å². The van der Waals surface area contributed by atoms with Crippen molar-refractivity contribution in [2.45, 2.75) is 37.6 Å². The third-order valence-corrected chi connectivity index (χ3v) is 5.97. The number of rotatable bonds is 10. The topological polar surface area (TPSA) is 122 Å². The van der Waals surface area contributed by atoms with E-state index in [1.54, 1.807) is 35.1 Å². The van der Waals surface area contributed by atoms with E-state index in [0.717, 1.165) is 30.3 Å². The lowest BCUT2D eigenvalue weighted by Crippen LogP contribution is -2.18. The highest BCUT2D eigenvalue weighted by Crippen LogP contribution is 2.28. The third-order valence-electron chi connectivity index (χ3n) is 4.54. The number of nitrogens with zero attached hydrogens (tertiary/aromatic N) is 4. The van der Waals surface area contributed by atoms with Gasteiger partial charge in [0.2, 0.25) is 16.0 Å². The lowest BCUT2D eigenvalue weighted by molar-refractivity contribution is 0.278. The molecule has 9 nitrogen and oxygen atoms in total. The first kappa shape index (κ1) is 21.2. The Kier molecular flexibility index (Phi) is 6.78. The summed E-state index contributed by atoms with van der Waals surface area (Å²) in [6.45, 7) is 3.49. The van der Waals surface area contributed by atoms with Crippen molar-refractivity contribution in [2.24, 2.45) is 0 Å². The minimum absolute atomic E-state index is 0.0555. The number of aliphatic hydroxyl groups excluding tert-OH is 1. The number of fused-ring (bicyclic) bond motifs is 1. The Balaban J connectivity index is 2.01. The van der Waals surface area contributed by atoms with Crippen LogP contribution in [0.1, 0.15) is 26.2 Å². The number of unbranched alkanes of at least 4 members (excludes halogenated alkanes) is 1. The maximum absolute atomic E-state index is 11.9. The molecule has 3 rings (SSSR count). The minimum Gasteiger partial charge on any atom is -0.396 e. The molecule has 0 aliphatic rings. The van der Waals surface area contributed by atoms with E-state index in [-0.39, 0.29) is 11.5 Å². The van der Waals surface area contributed by atoms with Gasteiger partial charge in [-0.25, -0.2) is 22.8 Å². The molecule has 0 saturated carbocycles. The lowest BCUT2D eigenvalue weighted by Gasteiger charge is -2.05. The van der Waals surface area contributed by atoms with Crippen LogP contribution in [0.3, 0.4) is 0 Å². The molecule has 0 unspecified atom stereocenters. The van der Waals surface area contributed by atoms with Crippen molar-refractivity contribution >= 4 is 27.0 Å². The fourth-order valence-corrected chi connectivity index (χ4v) is 3.65. The van der Waals surface area contributed by atoms with Crippen molar-refractivity contribution in [1.29, 1.82) is 0 Å². The molecule has 2 aromatic heterocycles.